The van der Waals surface area contributed by atoms with E-state index in [4.69, 9.17) is 9.47 Å². The molecule has 30 heavy (non-hydrogen) atoms. The van der Waals surface area contributed by atoms with Crippen molar-refractivity contribution in [3.63, 3.8) is 0 Å². The molecule has 2 aromatic rings. The number of nitrogens with zero attached hydrogens (tertiary/aromatic N) is 1. The Hall–Kier alpha value is -3.66. The van der Waals surface area contributed by atoms with Crippen molar-refractivity contribution >= 4 is 23.2 Å². The average molecular weight is 416 g/mol. The molecule has 0 saturated carbocycles. The van der Waals surface area contributed by atoms with Gasteiger partial charge in [-0.05, 0) is 29.8 Å². The molecule has 0 aromatic heterocycles. The number of carbonyl (C=O) groups is 2. The molecule has 2 amide bonds. The van der Waals surface area contributed by atoms with E-state index in [0.717, 1.165) is 5.56 Å². The summed E-state index contributed by atoms with van der Waals surface area (Å²) >= 11 is 0. The summed E-state index contributed by atoms with van der Waals surface area (Å²) < 4.78 is 9.97. The lowest BCUT2D eigenvalue weighted by molar-refractivity contribution is -0.384. The summed E-state index contributed by atoms with van der Waals surface area (Å²) in [6, 6.07) is 11.3. The van der Waals surface area contributed by atoms with Crippen molar-refractivity contribution in [2.75, 3.05) is 39.2 Å². The van der Waals surface area contributed by atoms with Crippen molar-refractivity contribution in [3.05, 3.63) is 63.7 Å². The molecule has 0 saturated heterocycles. The Morgan fingerprint density at radius 1 is 1.07 bits per heavy atom. The van der Waals surface area contributed by atoms with Gasteiger partial charge < -0.3 is 25.4 Å². The first kappa shape index (κ1) is 22.6. The first-order chi connectivity index (χ1) is 14.4. The molecular formula is C20H24N4O6. The fourth-order valence-electron chi connectivity index (χ4n) is 2.53. The van der Waals surface area contributed by atoms with Gasteiger partial charge in [0.2, 0.25) is 5.91 Å². The van der Waals surface area contributed by atoms with Crippen molar-refractivity contribution in [1.82, 2.24) is 10.6 Å². The van der Waals surface area contributed by atoms with Crippen LogP contribution in [0.1, 0.15) is 15.9 Å². The van der Waals surface area contributed by atoms with Crippen molar-refractivity contribution in [3.8, 4) is 5.75 Å². The second-order valence-electron chi connectivity index (χ2n) is 6.22. The molecule has 0 atom stereocenters. The standard InChI is InChI=1S/C20H24N4O6/c1-29-10-9-21-17-8-5-15(11-18(17)24(27)28)20(26)23-13-19(25)22-12-14-3-6-16(30-2)7-4-14/h3-8,11,21H,9-10,12-13H2,1-2H3,(H,22,25)(H,23,26). The third-order valence-corrected chi connectivity index (χ3v) is 4.14. The van der Waals surface area contributed by atoms with Gasteiger partial charge in [-0.1, -0.05) is 12.1 Å². The quantitative estimate of drug-likeness (QED) is 0.289. The van der Waals surface area contributed by atoms with E-state index in [2.05, 4.69) is 16.0 Å². The third kappa shape index (κ3) is 6.74. The van der Waals surface area contributed by atoms with Gasteiger partial charge in [-0.15, -0.1) is 0 Å². The molecule has 0 spiro atoms. The third-order valence-electron chi connectivity index (χ3n) is 4.14. The van der Waals surface area contributed by atoms with Gasteiger partial charge in [0, 0.05) is 31.8 Å². The van der Waals surface area contributed by atoms with Crippen LogP contribution in [0.2, 0.25) is 0 Å². The van der Waals surface area contributed by atoms with Crippen molar-refractivity contribution in [2.45, 2.75) is 6.54 Å². The normalized spacial score (nSPS) is 10.2. The zero-order valence-corrected chi connectivity index (χ0v) is 16.8. The summed E-state index contributed by atoms with van der Waals surface area (Å²) in [5.74, 6) is -0.251. The predicted molar refractivity (Wildman–Crippen MR) is 111 cm³/mol. The van der Waals surface area contributed by atoms with Crippen LogP contribution in [0.3, 0.4) is 0 Å². The average Bonchev–Trinajstić information content (AvgIpc) is 2.76. The number of methoxy groups -OCH3 is 2. The van der Waals surface area contributed by atoms with Gasteiger partial charge in [0.25, 0.3) is 11.6 Å². The topological polar surface area (TPSA) is 132 Å². The summed E-state index contributed by atoms with van der Waals surface area (Å²) in [4.78, 5) is 35.0. The molecule has 3 N–H and O–H groups in total. The van der Waals surface area contributed by atoms with Crippen LogP contribution < -0.4 is 20.7 Å². The van der Waals surface area contributed by atoms with E-state index < -0.39 is 10.8 Å². The number of carbonyl (C=O) groups excluding carboxylic acids is 2. The summed E-state index contributed by atoms with van der Waals surface area (Å²) in [7, 11) is 3.09. The highest BCUT2D eigenvalue weighted by Crippen LogP contribution is 2.25. The van der Waals surface area contributed by atoms with Gasteiger partial charge in [0.05, 0.1) is 25.2 Å². The first-order valence-corrected chi connectivity index (χ1v) is 9.13. The van der Waals surface area contributed by atoms with Crippen LogP contribution in [0.5, 0.6) is 5.75 Å². The summed E-state index contributed by atoms with van der Waals surface area (Å²) in [6.07, 6.45) is 0. The molecular weight excluding hydrogens is 392 g/mol. The van der Waals surface area contributed by atoms with E-state index in [1.165, 1.54) is 25.3 Å². The second-order valence-corrected chi connectivity index (χ2v) is 6.22. The molecule has 0 aliphatic carbocycles. The molecule has 0 bridgehead atoms. The van der Waals surface area contributed by atoms with Gasteiger partial charge >= 0.3 is 0 Å². The number of amides is 2. The van der Waals surface area contributed by atoms with Crippen LogP contribution in [0.25, 0.3) is 0 Å². The highest BCUT2D eigenvalue weighted by Gasteiger charge is 2.18. The minimum Gasteiger partial charge on any atom is -0.497 e. The van der Waals surface area contributed by atoms with Gasteiger partial charge in [-0.25, -0.2) is 0 Å². The molecule has 10 heteroatoms. The monoisotopic (exact) mass is 416 g/mol. The lowest BCUT2D eigenvalue weighted by atomic mass is 10.1. The molecule has 2 rings (SSSR count). The summed E-state index contributed by atoms with van der Waals surface area (Å²) in [5.41, 5.74) is 1.01. The Bertz CT molecular complexity index is 885. The Morgan fingerprint density at radius 2 is 1.80 bits per heavy atom. The molecule has 0 aliphatic rings. The number of rotatable bonds is 11. The molecule has 0 heterocycles. The largest absolute Gasteiger partial charge is 0.497 e. The van der Waals surface area contributed by atoms with Gasteiger partial charge in [0.15, 0.2) is 0 Å². The first-order valence-electron chi connectivity index (χ1n) is 9.13. The van der Waals surface area contributed by atoms with Crippen LogP contribution >= 0.6 is 0 Å². The number of nitro groups is 1. The van der Waals surface area contributed by atoms with Crippen LogP contribution in [-0.2, 0) is 16.1 Å². The Labute approximate surface area is 173 Å². The van der Waals surface area contributed by atoms with Gasteiger partial charge in [-0.3, -0.25) is 19.7 Å². The van der Waals surface area contributed by atoms with Crippen LogP contribution in [0.15, 0.2) is 42.5 Å². The lowest BCUT2D eigenvalue weighted by Gasteiger charge is -2.10. The van der Waals surface area contributed by atoms with E-state index in [9.17, 15) is 19.7 Å². The molecule has 0 fully saturated rings. The van der Waals surface area contributed by atoms with Gasteiger partial charge in [0.1, 0.15) is 11.4 Å². The van der Waals surface area contributed by atoms with Crippen molar-refractivity contribution in [1.29, 1.82) is 0 Å². The lowest BCUT2D eigenvalue weighted by Crippen LogP contribution is -2.36. The molecule has 0 aliphatic heterocycles. The van der Waals surface area contributed by atoms with E-state index >= 15 is 0 Å². The fraction of sp³-hybridized carbons (Fsp3) is 0.300. The smallest absolute Gasteiger partial charge is 0.293 e. The minimum absolute atomic E-state index is 0.0851. The number of benzene rings is 2. The van der Waals surface area contributed by atoms with Crippen LogP contribution in [0, 0.1) is 10.1 Å². The summed E-state index contributed by atoms with van der Waals surface area (Å²) in [6.45, 7) is 0.810. The minimum atomic E-state index is -0.582. The molecule has 2 aromatic carbocycles. The number of nitro benzene ring substituents is 1. The van der Waals surface area contributed by atoms with E-state index in [1.807, 2.05) is 12.1 Å². The Balaban J connectivity index is 1.89. The number of hydrogen-bond donors (Lipinski definition) is 3. The van der Waals surface area contributed by atoms with Crippen LogP contribution in [-0.4, -0.2) is 50.7 Å². The van der Waals surface area contributed by atoms with Gasteiger partial charge in [-0.2, -0.15) is 0 Å². The number of anilines is 1. The Kier molecular flexibility index (Phi) is 8.57. The zero-order chi connectivity index (χ0) is 21.9. The predicted octanol–water partition coefficient (Wildman–Crippen LogP) is 1.71. The number of hydrogen-bond acceptors (Lipinski definition) is 7. The molecule has 0 radical (unpaired) electrons. The Morgan fingerprint density at radius 3 is 2.43 bits per heavy atom. The summed E-state index contributed by atoms with van der Waals surface area (Å²) in [5, 5.41) is 19.3. The maximum absolute atomic E-state index is 12.3. The SMILES string of the molecule is COCCNc1ccc(C(=O)NCC(=O)NCc2ccc(OC)cc2)cc1[N+](=O)[O-]. The van der Waals surface area contributed by atoms with E-state index in [-0.39, 0.29) is 29.4 Å². The van der Waals surface area contributed by atoms with Crippen molar-refractivity contribution in [2.24, 2.45) is 0 Å². The molecule has 0 unspecified atom stereocenters. The highest BCUT2D eigenvalue weighted by atomic mass is 16.6. The zero-order valence-electron chi connectivity index (χ0n) is 16.8. The maximum Gasteiger partial charge on any atom is 0.293 e. The molecule has 160 valence electrons. The van der Waals surface area contributed by atoms with Crippen molar-refractivity contribution < 1.29 is 24.0 Å². The second kappa shape index (κ2) is 11.4. The van der Waals surface area contributed by atoms with Crippen LogP contribution in [0.4, 0.5) is 11.4 Å². The van der Waals surface area contributed by atoms with E-state index in [1.54, 1.807) is 19.2 Å². The fourth-order valence-corrected chi connectivity index (χ4v) is 2.53. The molecule has 10 nitrogen and oxygen atoms in total. The highest BCUT2D eigenvalue weighted by molar-refractivity contribution is 5.97. The maximum atomic E-state index is 12.3. The number of nitrogens with one attached hydrogen (secondary N) is 3. The number of ether oxygens (including phenoxy) is 2. The van der Waals surface area contributed by atoms with E-state index in [0.29, 0.717) is 25.4 Å².